The van der Waals surface area contributed by atoms with Gasteiger partial charge in [-0.05, 0) is 68.8 Å². The first-order valence-electron chi connectivity index (χ1n) is 8.00. The van der Waals surface area contributed by atoms with Crippen LogP contribution in [0.25, 0.3) is 0 Å². The monoisotopic (exact) mass is 336 g/mol. The van der Waals surface area contributed by atoms with Gasteiger partial charge in [0.25, 0.3) is 0 Å². The van der Waals surface area contributed by atoms with Crippen LogP contribution in [0.5, 0.6) is 0 Å². The molecule has 20 heavy (non-hydrogen) atoms. The van der Waals surface area contributed by atoms with E-state index in [1.54, 1.807) is 0 Å². The molecule has 3 heteroatoms. The summed E-state index contributed by atoms with van der Waals surface area (Å²) in [5.41, 5.74) is 2.59. The Morgan fingerprint density at radius 1 is 1.15 bits per heavy atom. The Kier molecular flexibility index (Phi) is 4.67. The zero-order valence-corrected chi connectivity index (χ0v) is 13.9. The van der Waals surface area contributed by atoms with Crippen molar-refractivity contribution in [2.24, 2.45) is 5.92 Å². The highest BCUT2D eigenvalue weighted by atomic mass is 79.9. The number of rotatable bonds is 3. The normalized spacial score (nSPS) is 30.4. The van der Waals surface area contributed by atoms with Crippen LogP contribution in [0, 0.1) is 12.8 Å². The van der Waals surface area contributed by atoms with Crippen molar-refractivity contribution < 1.29 is 0 Å². The fourth-order valence-electron chi connectivity index (χ4n) is 3.85. The topological polar surface area (TPSA) is 24.1 Å². The van der Waals surface area contributed by atoms with Crippen molar-refractivity contribution in [2.75, 3.05) is 11.9 Å². The second kappa shape index (κ2) is 6.48. The first-order valence-corrected chi connectivity index (χ1v) is 8.79. The SMILES string of the molecule is Cc1cc(NC2CCCCC2C2CCCN2)ccc1Br. The van der Waals surface area contributed by atoms with Gasteiger partial charge in [-0.2, -0.15) is 0 Å². The van der Waals surface area contributed by atoms with Crippen LogP contribution in [-0.4, -0.2) is 18.6 Å². The van der Waals surface area contributed by atoms with Crippen molar-refractivity contribution in [3.05, 3.63) is 28.2 Å². The maximum absolute atomic E-state index is 3.82. The number of benzene rings is 1. The number of hydrogen-bond donors (Lipinski definition) is 2. The fraction of sp³-hybridized carbons (Fsp3) is 0.647. The van der Waals surface area contributed by atoms with Crippen LogP contribution >= 0.6 is 15.9 Å². The van der Waals surface area contributed by atoms with Gasteiger partial charge in [-0.15, -0.1) is 0 Å². The van der Waals surface area contributed by atoms with Crippen LogP contribution in [0.3, 0.4) is 0 Å². The van der Waals surface area contributed by atoms with Gasteiger partial charge in [0.2, 0.25) is 0 Å². The molecular weight excluding hydrogens is 312 g/mol. The average molecular weight is 337 g/mol. The van der Waals surface area contributed by atoms with E-state index in [1.165, 1.54) is 60.8 Å². The number of hydrogen-bond acceptors (Lipinski definition) is 2. The van der Waals surface area contributed by atoms with E-state index in [2.05, 4.69) is 51.7 Å². The number of anilines is 1. The minimum absolute atomic E-state index is 0.639. The minimum atomic E-state index is 0.639. The summed E-state index contributed by atoms with van der Waals surface area (Å²) in [5, 5.41) is 7.53. The molecule has 1 aliphatic carbocycles. The summed E-state index contributed by atoms with van der Waals surface area (Å²) >= 11 is 3.58. The highest BCUT2D eigenvalue weighted by Gasteiger charge is 2.33. The molecule has 0 spiro atoms. The second-order valence-electron chi connectivity index (χ2n) is 6.37. The fourth-order valence-corrected chi connectivity index (χ4v) is 4.09. The summed E-state index contributed by atoms with van der Waals surface area (Å²) in [4.78, 5) is 0. The van der Waals surface area contributed by atoms with Crippen LogP contribution in [0.4, 0.5) is 5.69 Å². The van der Waals surface area contributed by atoms with Crippen molar-refractivity contribution in [1.29, 1.82) is 0 Å². The summed E-state index contributed by atoms with van der Waals surface area (Å²) in [7, 11) is 0. The van der Waals surface area contributed by atoms with Crippen molar-refractivity contribution in [3.8, 4) is 0 Å². The van der Waals surface area contributed by atoms with Gasteiger partial charge in [0, 0.05) is 22.2 Å². The minimum Gasteiger partial charge on any atom is -0.382 e. The first kappa shape index (κ1) is 14.4. The summed E-state index contributed by atoms with van der Waals surface area (Å²) in [6.45, 7) is 3.37. The van der Waals surface area contributed by atoms with E-state index < -0.39 is 0 Å². The molecule has 0 radical (unpaired) electrons. The predicted molar refractivity (Wildman–Crippen MR) is 89.3 cm³/mol. The van der Waals surface area contributed by atoms with Crippen molar-refractivity contribution in [2.45, 2.75) is 57.5 Å². The predicted octanol–water partition coefficient (Wildman–Crippen LogP) is 4.48. The molecule has 2 fully saturated rings. The highest BCUT2D eigenvalue weighted by Crippen LogP contribution is 2.33. The van der Waals surface area contributed by atoms with Crippen LogP contribution in [0.1, 0.15) is 44.1 Å². The molecular formula is C17H25BrN2. The van der Waals surface area contributed by atoms with Gasteiger partial charge in [0.15, 0.2) is 0 Å². The molecule has 1 aliphatic heterocycles. The van der Waals surface area contributed by atoms with E-state index in [1.807, 2.05) is 0 Å². The molecule has 1 saturated heterocycles. The Morgan fingerprint density at radius 3 is 2.75 bits per heavy atom. The molecule has 110 valence electrons. The highest BCUT2D eigenvalue weighted by molar-refractivity contribution is 9.10. The molecule has 1 aromatic carbocycles. The van der Waals surface area contributed by atoms with E-state index >= 15 is 0 Å². The molecule has 0 amide bonds. The van der Waals surface area contributed by atoms with Gasteiger partial charge < -0.3 is 10.6 Å². The second-order valence-corrected chi connectivity index (χ2v) is 7.22. The van der Waals surface area contributed by atoms with Gasteiger partial charge in [-0.1, -0.05) is 28.8 Å². The average Bonchev–Trinajstić information content (AvgIpc) is 2.97. The standard InChI is InChI=1S/C17H25BrN2/c1-12-11-13(8-9-15(12)18)20-17-6-3-2-5-14(17)16-7-4-10-19-16/h8-9,11,14,16-17,19-20H,2-7,10H2,1H3. The van der Waals surface area contributed by atoms with Gasteiger partial charge in [0.1, 0.15) is 0 Å². The molecule has 1 aromatic rings. The van der Waals surface area contributed by atoms with Crippen molar-refractivity contribution in [1.82, 2.24) is 5.32 Å². The Morgan fingerprint density at radius 2 is 2.00 bits per heavy atom. The number of aryl methyl sites for hydroxylation is 1. The van der Waals surface area contributed by atoms with Crippen molar-refractivity contribution >= 4 is 21.6 Å². The molecule has 1 heterocycles. The van der Waals surface area contributed by atoms with Crippen LogP contribution in [0.2, 0.25) is 0 Å². The van der Waals surface area contributed by atoms with E-state index in [9.17, 15) is 0 Å². The molecule has 3 unspecified atom stereocenters. The Bertz CT molecular complexity index is 454. The van der Waals surface area contributed by atoms with Gasteiger partial charge in [-0.25, -0.2) is 0 Å². The summed E-state index contributed by atoms with van der Waals surface area (Å²) in [5.74, 6) is 0.801. The molecule has 0 bridgehead atoms. The third-order valence-corrected chi connectivity index (χ3v) is 5.83. The van der Waals surface area contributed by atoms with E-state index in [4.69, 9.17) is 0 Å². The summed E-state index contributed by atoms with van der Waals surface area (Å²) < 4.78 is 1.20. The summed E-state index contributed by atoms with van der Waals surface area (Å²) in [6, 6.07) is 8.00. The lowest BCUT2D eigenvalue weighted by Crippen LogP contribution is -2.43. The Labute approximate surface area is 130 Å². The molecule has 3 rings (SSSR count). The van der Waals surface area contributed by atoms with Gasteiger partial charge >= 0.3 is 0 Å². The Balaban J connectivity index is 1.71. The molecule has 2 aliphatic rings. The molecule has 2 N–H and O–H groups in total. The quantitative estimate of drug-likeness (QED) is 0.850. The summed E-state index contributed by atoms with van der Waals surface area (Å²) in [6.07, 6.45) is 8.19. The number of halogens is 1. The largest absolute Gasteiger partial charge is 0.382 e. The smallest absolute Gasteiger partial charge is 0.0345 e. The zero-order chi connectivity index (χ0) is 13.9. The lowest BCUT2D eigenvalue weighted by Gasteiger charge is -2.37. The Hall–Kier alpha value is -0.540. The lowest BCUT2D eigenvalue weighted by molar-refractivity contribution is 0.263. The van der Waals surface area contributed by atoms with E-state index in [0.717, 1.165) is 12.0 Å². The van der Waals surface area contributed by atoms with Crippen molar-refractivity contribution in [3.63, 3.8) is 0 Å². The first-order chi connectivity index (χ1) is 9.74. The third kappa shape index (κ3) is 3.20. The molecule has 1 saturated carbocycles. The zero-order valence-electron chi connectivity index (χ0n) is 12.3. The molecule has 0 aromatic heterocycles. The van der Waals surface area contributed by atoms with Crippen LogP contribution in [0.15, 0.2) is 22.7 Å². The maximum Gasteiger partial charge on any atom is 0.0345 e. The van der Waals surface area contributed by atoms with Gasteiger partial charge in [0.05, 0.1) is 0 Å². The lowest BCUT2D eigenvalue weighted by atomic mass is 9.79. The maximum atomic E-state index is 3.82. The third-order valence-electron chi connectivity index (χ3n) is 4.94. The van der Waals surface area contributed by atoms with E-state index in [-0.39, 0.29) is 0 Å². The van der Waals surface area contributed by atoms with Gasteiger partial charge in [-0.3, -0.25) is 0 Å². The molecule has 2 nitrogen and oxygen atoms in total. The number of nitrogens with one attached hydrogen (secondary N) is 2. The van der Waals surface area contributed by atoms with Crippen LogP contribution in [-0.2, 0) is 0 Å². The molecule has 3 atom stereocenters. The van der Waals surface area contributed by atoms with E-state index in [0.29, 0.717) is 6.04 Å². The van der Waals surface area contributed by atoms with Crippen LogP contribution < -0.4 is 10.6 Å².